The fourth-order valence-electron chi connectivity index (χ4n) is 1.41. The van der Waals surface area contributed by atoms with Crippen molar-refractivity contribution in [3.05, 3.63) is 40.7 Å². The zero-order valence-electron chi connectivity index (χ0n) is 8.86. The molecule has 0 aliphatic carbocycles. The Labute approximate surface area is 101 Å². The van der Waals surface area contributed by atoms with Gasteiger partial charge in [0.25, 0.3) is 15.7 Å². The Hall–Kier alpha value is -2.19. The lowest BCUT2D eigenvalue weighted by Gasteiger charge is -2.04. The topological polar surface area (TPSA) is 120 Å². The summed E-state index contributed by atoms with van der Waals surface area (Å²) in [7, 11) is -4.34. The highest BCUT2D eigenvalue weighted by molar-refractivity contribution is 7.85. The maximum absolute atomic E-state index is 11.0. The molecule has 7 nitrogen and oxygen atoms in total. The minimum atomic E-state index is -4.34. The molecule has 1 aromatic carbocycles. The summed E-state index contributed by atoms with van der Waals surface area (Å²) in [5, 5.41) is 15.3. The molecule has 0 aliphatic heterocycles. The van der Waals surface area contributed by atoms with Crippen LogP contribution in [0.4, 0.5) is 0 Å². The number of rotatable bonds is 2. The molecule has 94 valence electrons. The van der Waals surface area contributed by atoms with Crippen LogP contribution in [-0.2, 0) is 10.1 Å². The minimum absolute atomic E-state index is 0.0140. The number of aromatic nitrogens is 2. The smallest absolute Gasteiger partial charge is 0.294 e. The van der Waals surface area contributed by atoms with E-state index < -0.39 is 15.7 Å². The number of benzene rings is 1. The summed E-state index contributed by atoms with van der Waals surface area (Å²) in [6.07, 6.45) is 0. The molecule has 0 radical (unpaired) electrons. The van der Waals surface area contributed by atoms with Gasteiger partial charge >= 0.3 is 0 Å². The average molecular weight is 268 g/mol. The van der Waals surface area contributed by atoms with Crippen LogP contribution in [0.2, 0.25) is 0 Å². The van der Waals surface area contributed by atoms with E-state index in [4.69, 9.17) is 4.55 Å². The van der Waals surface area contributed by atoms with Gasteiger partial charge in [0.2, 0.25) is 0 Å². The molecule has 0 saturated carbocycles. The maximum Gasteiger partial charge on any atom is 0.294 e. The van der Waals surface area contributed by atoms with Crippen molar-refractivity contribution in [1.82, 2.24) is 10.2 Å². The lowest BCUT2D eigenvalue weighted by molar-refractivity contribution is 0.471. The molecule has 2 aromatic rings. The highest BCUT2D eigenvalue weighted by Crippen LogP contribution is 2.26. The molecule has 1 heterocycles. The molecule has 0 saturated heterocycles. The van der Waals surface area contributed by atoms with E-state index in [-0.39, 0.29) is 21.9 Å². The van der Waals surface area contributed by atoms with Crippen LogP contribution in [0, 0.1) is 0 Å². The van der Waals surface area contributed by atoms with Gasteiger partial charge in [-0.25, -0.2) is 5.10 Å². The third kappa shape index (κ3) is 2.39. The Morgan fingerprint density at radius 3 is 2.56 bits per heavy atom. The SMILES string of the molecule is O=c1cc(O)c(-c2cccc(S(=O)(=O)O)c2)n[nH]1. The molecule has 0 amide bonds. The Morgan fingerprint density at radius 2 is 1.94 bits per heavy atom. The second kappa shape index (κ2) is 4.24. The van der Waals surface area contributed by atoms with Crippen molar-refractivity contribution in [2.45, 2.75) is 4.90 Å². The summed E-state index contributed by atoms with van der Waals surface area (Å²) in [4.78, 5) is 10.6. The zero-order valence-corrected chi connectivity index (χ0v) is 9.68. The Kier molecular flexibility index (Phi) is 2.89. The number of nitrogens with one attached hydrogen (secondary N) is 1. The van der Waals surface area contributed by atoms with Crippen LogP contribution in [0.1, 0.15) is 0 Å². The fraction of sp³-hybridized carbons (Fsp3) is 0. The van der Waals surface area contributed by atoms with Crippen molar-refractivity contribution in [3.63, 3.8) is 0 Å². The van der Waals surface area contributed by atoms with Crippen molar-refractivity contribution in [2.24, 2.45) is 0 Å². The molecular formula is C10H8N2O5S. The first-order chi connectivity index (χ1) is 8.38. The summed E-state index contributed by atoms with van der Waals surface area (Å²) in [5.74, 6) is -0.383. The predicted molar refractivity (Wildman–Crippen MR) is 61.8 cm³/mol. The van der Waals surface area contributed by atoms with Gasteiger partial charge in [-0.1, -0.05) is 12.1 Å². The van der Waals surface area contributed by atoms with Gasteiger partial charge in [0.05, 0.1) is 4.90 Å². The summed E-state index contributed by atoms with van der Waals surface area (Å²) >= 11 is 0. The van der Waals surface area contributed by atoms with Gasteiger partial charge in [0.15, 0.2) is 0 Å². The number of H-pyrrole nitrogens is 1. The highest BCUT2D eigenvalue weighted by atomic mass is 32.2. The first-order valence-electron chi connectivity index (χ1n) is 4.74. The van der Waals surface area contributed by atoms with Gasteiger partial charge in [-0.15, -0.1) is 0 Å². The van der Waals surface area contributed by atoms with Crippen LogP contribution in [-0.4, -0.2) is 28.3 Å². The minimum Gasteiger partial charge on any atom is -0.505 e. The van der Waals surface area contributed by atoms with Gasteiger partial charge in [0, 0.05) is 11.6 Å². The number of hydrogen-bond donors (Lipinski definition) is 3. The Morgan fingerprint density at radius 1 is 1.22 bits per heavy atom. The van der Waals surface area contributed by atoms with Gasteiger partial charge in [-0.05, 0) is 12.1 Å². The lowest BCUT2D eigenvalue weighted by Crippen LogP contribution is -2.06. The van der Waals surface area contributed by atoms with Crippen molar-refractivity contribution >= 4 is 10.1 Å². The van der Waals surface area contributed by atoms with Crippen LogP contribution < -0.4 is 5.56 Å². The Balaban J connectivity index is 2.62. The van der Waals surface area contributed by atoms with E-state index in [0.717, 1.165) is 12.1 Å². The number of aromatic hydroxyl groups is 1. The standard InChI is InChI=1S/C10H8N2O5S/c13-8-5-9(14)11-12-10(8)6-2-1-3-7(4-6)18(15,16)17/h1-5H,(H2,11,13,14)(H,15,16,17). The molecule has 0 unspecified atom stereocenters. The van der Waals surface area contributed by atoms with Crippen molar-refractivity contribution in [2.75, 3.05) is 0 Å². The molecule has 1 aromatic heterocycles. The largest absolute Gasteiger partial charge is 0.505 e. The first-order valence-corrected chi connectivity index (χ1v) is 6.18. The van der Waals surface area contributed by atoms with Crippen LogP contribution in [0.3, 0.4) is 0 Å². The molecule has 0 atom stereocenters. The third-order valence-electron chi connectivity index (χ3n) is 2.19. The molecule has 0 fully saturated rings. The van der Waals surface area contributed by atoms with Crippen LogP contribution in [0.25, 0.3) is 11.3 Å². The van der Waals surface area contributed by atoms with Crippen molar-refractivity contribution < 1.29 is 18.1 Å². The van der Waals surface area contributed by atoms with Gasteiger partial charge in [-0.3, -0.25) is 9.35 Å². The lowest BCUT2D eigenvalue weighted by atomic mass is 10.1. The van der Waals surface area contributed by atoms with E-state index in [9.17, 15) is 18.3 Å². The van der Waals surface area contributed by atoms with Crippen LogP contribution in [0.15, 0.2) is 40.0 Å². The van der Waals surface area contributed by atoms with E-state index in [1.807, 2.05) is 0 Å². The second-order valence-electron chi connectivity index (χ2n) is 3.47. The number of nitrogens with zero attached hydrogens (tertiary/aromatic N) is 1. The second-order valence-corrected chi connectivity index (χ2v) is 4.89. The molecule has 18 heavy (non-hydrogen) atoms. The predicted octanol–water partition coefficient (Wildman–Crippen LogP) is 0.389. The van der Waals surface area contributed by atoms with E-state index in [0.29, 0.717) is 0 Å². The summed E-state index contributed by atoms with van der Waals surface area (Å²) in [6, 6.07) is 6.11. The Bertz CT molecular complexity index is 751. The zero-order chi connectivity index (χ0) is 13.3. The molecule has 0 spiro atoms. The molecule has 3 N–H and O–H groups in total. The monoisotopic (exact) mass is 268 g/mol. The van der Waals surface area contributed by atoms with Crippen molar-refractivity contribution in [3.8, 4) is 17.0 Å². The quantitative estimate of drug-likeness (QED) is 0.677. The van der Waals surface area contributed by atoms with Crippen molar-refractivity contribution in [1.29, 1.82) is 0 Å². The van der Waals surface area contributed by atoms with E-state index in [1.54, 1.807) is 0 Å². The number of hydrogen-bond acceptors (Lipinski definition) is 5. The van der Waals surface area contributed by atoms with Crippen LogP contribution in [0.5, 0.6) is 5.75 Å². The molecule has 2 rings (SSSR count). The highest BCUT2D eigenvalue weighted by Gasteiger charge is 2.13. The summed E-state index contributed by atoms with van der Waals surface area (Å²) in [5.41, 5.74) is -0.318. The molecular weight excluding hydrogens is 260 g/mol. The van der Waals surface area contributed by atoms with Gasteiger partial charge in [0.1, 0.15) is 11.4 Å². The molecule has 0 bridgehead atoms. The van der Waals surface area contributed by atoms with E-state index in [2.05, 4.69) is 10.2 Å². The number of aromatic amines is 1. The summed E-state index contributed by atoms with van der Waals surface area (Å²) < 4.78 is 30.8. The molecule has 0 aliphatic rings. The van der Waals surface area contributed by atoms with Gasteiger partial charge in [-0.2, -0.15) is 13.5 Å². The summed E-state index contributed by atoms with van der Waals surface area (Å²) in [6.45, 7) is 0. The van der Waals surface area contributed by atoms with E-state index in [1.165, 1.54) is 18.2 Å². The fourth-order valence-corrected chi connectivity index (χ4v) is 1.94. The maximum atomic E-state index is 11.0. The molecule has 8 heteroatoms. The first kappa shape index (κ1) is 12.3. The van der Waals surface area contributed by atoms with Gasteiger partial charge < -0.3 is 5.11 Å². The van der Waals surface area contributed by atoms with Crippen LogP contribution >= 0.6 is 0 Å². The third-order valence-corrected chi connectivity index (χ3v) is 3.04. The van der Waals surface area contributed by atoms with E-state index >= 15 is 0 Å². The normalized spacial score (nSPS) is 11.4. The average Bonchev–Trinajstić information content (AvgIpc) is 2.28.